The van der Waals surface area contributed by atoms with Crippen molar-refractivity contribution in [2.45, 2.75) is 0 Å². The second kappa shape index (κ2) is 3.72. The average molecular weight is 220 g/mol. The maximum absolute atomic E-state index is 8.71. The van der Waals surface area contributed by atoms with Crippen LogP contribution in [-0.4, -0.2) is 15.0 Å². The van der Waals surface area contributed by atoms with Crippen LogP contribution in [0.5, 0.6) is 0 Å². The quantitative estimate of drug-likeness (QED) is 0.685. The lowest BCUT2D eigenvalue weighted by Crippen LogP contribution is -1.85. The van der Waals surface area contributed by atoms with Gasteiger partial charge in [-0.1, -0.05) is 0 Å². The van der Waals surface area contributed by atoms with Crippen LogP contribution in [0.1, 0.15) is 5.69 Å². The zero-order valence-electron chi connectivity index (χ0n) is 8.88. The molecule has 0 fully saturated rings. The van der Waals surface area contributed by atoms with E-state index in [1.54, 1.807) is 18.5 Å². The summed E-state index contributed by atoms with van der Waals surface area (Å²) in [5.41, 5.74) is 3.32. The molecule has 0 unspecified atom stereocenters. The van der Waals surface area contributed by atoms with Gasteiger partial charge in [0.05, 0.1) is 0 Å². The second-order valence-corrected chi connectivity index (χ2v) is 3.64. The lowest BCUT2D eigenvalue weighted by Gasteiger charge is -2.02. The number of fused-ring (bicyclic) bond motifs is 1. The molecule has 0 spiro atoms. The molecule has 80 valence electrons. The summed E-state index contributed by atoms with van der Waals surface area (Å²) in [6.45, 7) is 0. The summed E-state index contributed by atoms with van der Waals surface area (Å²) in [4.78, 5) is 11.4. The fourth-order valence-electron chi connectivity index (χ4n) is 1.83. The van der Waals surface area contributed by atoms with E-state index in [2.05, 4.69) is 15.0 Å². The van der Waals surface area contributed by atoms with Crippen molar-refractivity contribution in [2.75, 3.05) is 0 Å². The zero-order valence-corrected chi connectivity index (χ0v) is 8.88. The highest BCUT2D eigenvalue weighted by Gasteiger charge is 2.05. The van der Waals surface area contributed by atoms with E-state index in [4.69, 9.17) is 5.26 Å². The molecule has 3 aromatic rings. The van der Waals surface area contributed by atoms with Crippen molar-refractivity contribution < 1.29 is 0 Å². The van der Waals surface area contributed by atoms with Crippen molar-refractivity contribution in [3.05, 3.63) is 48.5 Å². The molecule has 3 aromatic heterocycles. The molecule has 17 heavy (non-hydrogen) atoms. The van der Waals surface area contributed by atoms with E-state index >= 15 is 0 Å². The molecule has 3 heterocycles. The number of aromatic nitrogens is 3. The highest BCUT2D eigenvalue weighted by molar-refractivity contribution is 5.92. The van der Waals surface area contributed by atoms with Crippen molar-refractivity contribution in [2.24, 2.45) is 0 Å². The van der Waals surface area contributed by atoms with Gasteiger partial charge in [-0.05, 0) is 29.8 Å². The number of hydrogen-bond acceptors (Lipinski definition) is 3. The van der Waals surface area contributed by atoms with Crippen LogP contribution in [0.3, 0.4) is 0 Å². The molecule has 0 saturated carbocycles. The van der Waals surface area contributed by atoms with Gasteiger partial charge in [0, 0.05) is 29.5 Å². The van der Waals surface area contributed by atoms with Crippen LogP contribution >= 0.6 is 0 Å². The van der Waals surface area contributed by atoms with E-state index in [0.717, 1.165) is 22.2 Å². The van der Waals surface area contributed by atoms with Crippen LogP contribution in [-0.2, 0) is 0 Å². The van der Waals surface area contributed by atoms with Gasteiger partial charge < -0.3 is 4.98 Å². The maximum Gasteiger partial charge on any atom is 0.140 e. The van der Waals surface area contributed by atoms with Gasteiger partial charge in [0.2, 0.25) is 0 Å². The summed E-state index contributed by atoms with van der Waals surface area (Å²) in [6, 6.07) is 9.55. The number of pyridine rings is 2. The number of aromatic amines is 1. The molecule has 0 aliphatic carbocycles. The first-order valence-corrected chi connectivity index (χ1v) is 5.17. The summed E-state index contributed by atoms with van der Waals surface area (Å²) in [5.74, 6) is 0. The third-order valence-electron chi connectivity index (χ3n) is 2.65. The minimum Gasteiger partial charge on any atom is -0.346 e. The van der Waals surface area contributed by atoms with Gasteiger partial charge in [0.25, 0.3) is 0 Å². The van der Waals surface area contributed by atoms with E-state index < -0.39 is 0 Å². The average Bonchev–Trinajstić information content (AvgIpc) is 2.87. The van der Waals surface area contributed by atoms with E-state index in [1.165, 1.54) is 0 Å². The number of hydrogen-bond donors (Lipinski definition) is 1. The molecular formula is C13H8N4. The third-order valence-corrected chi connectivity index (χ3v) is 2.65. The predicted molar refractivity (Wildman–Crippen MR) is 64.0 cm³/mol. The van der Waals surface area contributed by atoms with E-state index in [0.29, 0.717) is 5.69 Å². The van der Waals surface area contributed by atoms with Crippen LogP contribution in [0.4, 0.5) is 0 Å². The van der Waals surface area contributed by atoms with Gasteiger partial charge in [-0.3, -0.25) is 0 Å². The topological polar surface area (TPSA) is 65.4 Å². The Bertz CT molecular complexity index is 704. The van der Waals surface area contributed by atoms with Crippen LogP contribution in [0.2, 0.25) is 0 Å². The van der Waals surface area contributed by atoms with Gasteiger partial charge >= 0.3 is 0 Å². The van der Waals surface area contributed by atoms with Gasteiger partial charge in [-0.2, -0.15) is 5.26 Å². The highest BCUT2D eigenvalue weighted by Crippen LogP contribution is 2.26. The molecule has 1 N–H and O–H groups in total. The van der Waals surface area contributed by atoms with Crippen molar-refractivity contribution in [3.8, 4) is 17.2 Å². The van der Waals surface area contributed by atoms with Gasteiger partial charge in [-0.25, -0.2) is 9.97 Å². The monoisotopic (exact) mass is 220 g/mol. The first kappa shape index (κ1) is 9.55. The second-order valence-electron chi connectivity index (χ2n) is 3.64. The van der Waals surface area contributed by atoms with E-state index in [9.17, 15) is 0 Å². The molecule has 0 radical (unpaired) electrons. The Balaban J connectivity index is 2.20. The Labute approximate surface area is 97.6 Å². The molecule has 0 atom stereocenters. The van der Waals surface area contributed by atoms with E-state index in [1.807, 2.05) is 30.5 Å². The van der Waals surface area contributed by atoms with Gasteiger partial charge in [0.1, 0.15) is 17.4 Å². The molecule has 0 bridgehead atoms. The Morgan fingerprint density at radius 2 is 2.06 bits per heavy atom. The van der Waals surface area contributed by atoms with Gasteiger partial charge in [-0.15, -0.1) is 0 Å². The number of H-pyrrole nitrogens is 1. The molecule has 0 aliphatic rings. The summed E-state index contributed by atoms with van der Waals surface area (Å²) >= 11 is 0. The standard InChI is InChI=1S/C13H8N4/c14-7-10-2-1-9(8-17-10)11-3-5-15-13-12(11)4-6-16-13/h1-6,8H,(H,15,16). The molecule has 4 heteroatoms. The summed E-state index contributed by atoms with van der Waals surface area (Å²) < 4.78 is 0. The normalized spacial score (nSPS) is 10.3. The van der Waals surface area contributed by atoms with Crippen molar-refractivity contribution in [1.29, 1.82) is 5.26 Å². The first-order valence-electron chi connectivity index (χ1n) is 5.17. The molecular weight excluding hydrogens is 212 g/mol. The summed E-state index contributed by atoms with van der Waals surface area (Å²) in [6.07, 6.45) is 5.32. The molecule has 0 aromatic carbocycles. The highest BCUT2D eigenvalue weighted by atomic mass is 14.8. The number of nitrogens with one attached hydrogen (secondary N) is 1. The van der Waals surface area contributed by atoms with Crippen molar-refractivity contribution >= 4 is 11.0 Å². The molecule has 0 aliphatic heterocycles. The van der Waals surface area contributed by atoms with Crippen LogP contribution < -0.4 is 0 Å². The van der Waals surface area contributed by atoms with E-state index in [-0.39, 0.29) is 0 Å². The molecule has 4 nitrogen and oxygen atoms in total. The van der Waals surface area contributed by atoms with Crippen molar-refractivity contribution in [1.82, 2.24) is 15.0 Å². The van der Waals surface area contributed by atoms with Crippen LogP contribution in [0.15, 0.2) is 42.9 Å². The molecule has 0 amide bonds. The SMILES string of the molecule is N#Cc1ccc(-c2ccnc3[nH]ccc23)cn1. The molecule has 3 rings (SSSR count). The first-order chi connectivity index (χ1) is 8.38. The Morgan fingerprint density at radius 1 is 1.12 bits per heavy atom. The minimum absolute atomic E-state index is 0.424. The van der Waals surface area contributed by atoms with Crippen molar-refractivity contribution in [3.63, 3.8) is 0 Å². The van der Waals surface area contributed by atoms with Crippen LogP contribution in [0.25, 0.3) is 22.2 Å². The Hall–Kier alpha value is -2.67. The summed E-state index contributed by atoms with van der Waals surface area (Å²) in [5, 5.41) is 9.76. The van der Waals surface area contributed by atoms with Crippen LogP contribution in [0, 0.1) is 11.3 Å². The zero-order chi connectivity index (χ0) is 11.7. The fraction of sp³-hybridized carbons (Fsp3) is 0. The Morgan fingerprint density at radius 3 is 2.82 bits per heavy atom. The smallest absolute Gasteiger partial charge is 0.140 e. The maximum atomic E-state index is 8.71. The number of rotatable bonds is 1. The largest absolute Gasteiger partial charge is 0.346 e. The number of nitrogens with zero attached hydrogens (tertiary/aromatic N) is 3. The van der Waals surface area contributed by atoms with Gasteiger partial charge in [0.15, 0.2) is 0 Å². The molecule has 0 saturated heterocycles. The lowest BCUT2D eigenvalue weighted by molar-refractivity contribution is 1.26. The fourth-order valence-corrected chi connectivity index (χ4v) is 1.83. The predicted octanol–water partition coefficient (Wildman–Crippen LogP) is 2.50. The lowest BCUT2D eigenvalue weighted by atomic mass is 10.1. The Kier molecular flexibility index (Phi) is 2.09. The summed E-state index contributed by atoms with van der Waals surface area (Å²) in [7, 11) is 0. The third kappa shape index (κ3) is 1.54. The minimum atomic E-state index is 0.424. The number of nitriles is 1.